The predicted octanol–water partition coefficient (Wildman–Crippen LogP) is 2.25. The van der Waals surface area contributed by atoms with Crippen molar-refractivity contribution in [3.8, 4) is 10.7 Å². The molecule has 1 aliphatic heterocycles. The van der Waals surface area contributed by atoms with Gasteiger partial charge in [0.15, 0.2) is 5.01 Å². The molecule has 0 N–H and O–H groups in total. The molecule has 0 bridgehead atoms. The van der Waals surface area contributed by atoms with Gasteiger partial charge >= 0.3 is 0 Å². The first kappa shape index (κ1) is 18.0. The van der Waals surface area contributed by atoms with Crippen molar-refractivity contribution < 1.29 is 12.8 Å². The number of nitrogens with zero attached hydrogens (tertiary/aromatic N) is 5. The number of aromatic nitrogens is 3. The first-order valence-corrected chi connectivity index (χ1v) is 10.6. The van der Waals surface area contributed by atoms with Crippen molar-refractivity contribution in [2.75, 3.05) is 31.1 Å². The number of hydrogen-bond donors (Lipinski definition) is 0. The van der Waals surface area contributed by atoms with Crippen molar-refractivity contribution in [1.29, 1.82) is 0 Å². The number of halogens is 1. The van der Waals surface area contributed by atoms with E-state index in [0.717, 1.165) is 21.9 Å². The van der Waals surface area contributed by atoms with E-state index in [1.165, 1.54) is 33.8 Å². The molecule has 0 spiro atoms. The van der Waals surface area contributed by atoms with Crippen molar-refractivity contribution in [2.45, 2.75) is 4.90 Å². The Morgan fingerprint density at radius 2 is 1.81 bits per heavy atom. The molecule has 2 aromatic heterocycles. The topological polar surface area (TPSA) is 79.3 Å². The molecule has 27 heavy (non-hydrogen) atoms. The lowest BCUT2D eigenvalue weighted by molar-refractivity contribution is 0.384. The number of rotatable bonds is 4. The summed E-state index contributed by atoms with van der Waals surface area (Å²) in [5.41, 5.74) is 0.758. The van der Waals surface area contributed by atoms with E-state index in [1.54, 1.807) is 6.20 Å². The monoisotopic (exact) mass is 405 g/mol. The van der Waals surface area contributed by atoms with Gasteiger partial charge in [-0.15, -0.1) is 10.2 Å². The molecule has 1 aliphatic rings. The van der Waals surface area contributed by atoms with Gasteiger partial charge in [-0.1, -0.05) is 23.5 Å². The van der Waals surface area contributed by atoms with Gasteiger partial charge < -0.3 is 4.90 Å². The molecule has 3 heterocycles. The molecule has 10 heteroatoms. The summed E-state index contributed by atoms with van der Waals surface area (Å²) in [5, 5.41) is 9.84. The third-order valence-corrected chi connectivity index (χ3v) is 7.14. The number of pyridine rings is 1. The summed E-state index contributed by atoms with van der Waals surface area (Å²) in [6.07, 6.45) is 1.70. The second-order valence-corrected chi connectivity index (χ2v) is 8.85. The van der Waals surface area contributed by atoms with Crippen LogP contribution >= 0.6 is 11.3 Å². The minimum Gasteiger partial charge on any atom is -0.344 e. The Morgan fingerprint density at radius 3 is 2.52 bits per heavy atom. The molecule has 0 radical (unpaired) electrons. The van der Waals surface area contributed by atoms with Gasteiger partial charge in [-0.2, -0.15) is 4.31 Å². The summed E-state index contributed by atoms with van der Waals surface area (Å²) in [6.45, 7) is 1.59. The fourth-order valence-corrected chi connectivity index (χ4v) is 5.16. The van der Waals surface area contributed by atoms with Gasteiger partial charge in [0, 0.05) is 32.4 Å². The van der Waals surface area contributed by atoms with Gasteiger partial charge in [-0.05, 0) is 30.3 Å². The van der Waals surface area contributed by atoms with Gasteiger partial charge in [0.2, 0.25) is 15.2 Å². The molecule has 0 aliphatic carbocycles. The average molecular weight is 405 g/mol. The van der Waals surface area contributed by atoms with Crippen LogP contribution in [-0.2, 0) is 10.0 Å². The van der Waals surface area contributed by atoms with E-state index in [-0.39, 0.29) is 4.90 Å². The third kappa shape index (κ3) is 3.68. The fourth-order valence-electron chi connectivity index (χ4n) is 2.83. The maximum Gasteiger partial charge on any atom is 0.243 e. The fraction of sp³-hybridized carbons (Fsp3) is 0.235. The van der Waals surface area contributed by atoms with E-state index in [4.69, 9.17) is 0 Å². The van der Waals surface area contributed by atoms with Crippen LogP contribution < -0.4 is 4.90 Å². The number of hydrogen-bond acceptors (Lipinski definition) is 7. The molecule has 7 nitrogen and oxygen atoms in total. The highest BCUT2D eigenvalue weighted by Crippen LogP contribution is 2.28. The van der Waals surface area contributed by atoms with Crippen LogP contribution in [0.5, 0.6) is 0 Å². The summed E-state index contributed by atoms with van der Waals surface area (Å²) in [6, 6.07) is 10.7. The minimum absolute atomic E-state index is 0.0238. The Balaban J connectivity index is 1.46. The molecule has 1 fully saturated rings. The van der Waals surface area contributed by atoms with Crippen LogP contribution in [0.2, 0.25) is 0 Å². The SMILES string of the molecule is O=S(=O)(c1cccc(F)c1)N1CCN(c2nnc(-c3ccccn3)s2)CC1. The summed E-state index contributed by atoms with van der Waals surface area (Å²) in [5.74, 6) is -0.564. The van der Waals surface area contributed by atoms with Crippen molar-refractivity contribution in [3.63, 3.8) is 0 Å². The van der Waals surface area contributed by atoms with E-state index < -0.39 is 15.8 Å². The highest BCUT2D eigenvalue weighted by Gasteiger charge is 2.29. The minimum atomic E-state index is -3.70. The van der Waals surface area contributed by atoms with E-state index in [1.807, 2.05) is 23.1 Å². The molecule has 0 unspecified atom stereocenters. The second kappa shape index (κ2) is 7.29. The highest BCUT2D eigenvalue weighted by molar-refractivity contribution is 7.89. The van der Waals surface area contributed by atoms with Crippen LogP contribution in [-0.4, -0.2) is 54.1 Å². The lowest BCUT2D eigenvalue weighted by Crippen LogP contribution is -2.48. The molecule has 1 saturated heterocycles. The standard InChI is InChI=1S/C17H16FN5O2S2/c18-13-4-3-5-14(12-13)27(24,25)23-10-8-22(9-11-23)17-21-20-16(26-17)15-6-1-2-7-19-15/h1-7,12H,8-11H2. The molecule has 0 saturated carbocycles. The van der Waals surface area contributed by atoms with Crippen LogP contribution in [0.4, 0.5) is 9.52 Å². The number of anilines is 1. The zero-order valence-corrected chi connectivity index (χ0v) is 15.8. The Morgan fingerprint density at radius 1 is 1.00 bits per heavy atom. The zero-order valence-electron chi connectivity index (χ0n) is 14.2. The molecule has 1 aromatic carbocycles. The quantitative estimate of drug-likeness (QED) is 0.662. The van der Waals surface area contributed by atoms with Crippen LogP contribution in [0.1, 0.15) is 0 Å². The maximum absolute atomic E-state index is 13.4. The Bertz CT molecular complexity index is 1030. The maximum atomic E-state index is 13.4. The first-order chi connectivity index (χ1) is 13.0. The van der Waals surface area contributed by atoms with Crippen LogP contribution in [0.25, 0.3) is 10.7 Å². The van der Waals surface area contributed by atoms with Crippen LogP contribution in [0.3, 0.4) is 0 Å². The van der Waals surface area contributed by atoms with Crippen molar-refractivity contribution in [1.82, 2.24) is 19.5 Å². The summed E-state index contributed by atoms with van der Waals surface area (Å²) < 4.78 is 40.1. The van der Waals surface area contributed by atoms with Gasteiger partial charge in [0.25, 0.3) is 0 Å². The molecular formula is C17H16FN5O2S2. The van der Waals surface area contributed by atoms with Gasteiger partial charge in [0.05, 0.1) is 4.90 Å². The summed E-state index contributed by atoms with van der Waals surface area (Å²) >= 11 is 1.42. The van der Waals surface area contributed by atoms with E-state index >= 15 is 0 Å². The molecule has 0 amide bonds. The van der Waals surface area contributed by atoms with E-state index in [0.29, 0.717) is 26.2 Å². The predicted molar refractivity (Wildman–Crippen MR) is 101 cm³/mol. The summed E-state index contributed by atoms with van der Waals surface area (Å²) in [4.78, 5) is 6.24. The second-order valence-electron chi connectivity index (χ2n) is 5.95. The Hall–Kier alpha value is -2.43. The zero-order chi connectivity index (χ0) is 18.9. The van der Waals surface area contributed by atoms with Crippen molar-refractivity contribution in [3.05, 3.63) is 54.5 Å². The normalized spacial score (nSPS) is 15.8. The smallest absolute Gasteiger partial charge is 0.243 e. The van der Waals surface area contributed by atoms with Gasteiger partial charge in [-0.25, -0.2) is 12.8 Å². The average Bonchev–Trinajstić information content (AvgIpc) is 3.19. The number of benzene rings is 1. The molecular weight excluding hydrogens is 389 g/mol. The lowest BCUT2D eigenvalue weighted by Gasteiger charge is -2.33. The van der Waals surface area contributed by atoms with Gasteiger partial charge in [0.1, 0.15) is 11.5 Å². The van der Waals surface area contributed by atoms with Crippen LogP contribution in [0.15, 0.2) is 53.6 Å². The van der Waals surface area contributed by atoms with Gasteiger partial charge in [-0.3, -0.25) is 4.98 Å². The molecule has 0 atom stereocenters. The Kier molecular flexibility index (Phi) is 4.85. The molecule has 140 valence electrons. The van der Waals surface area contributed by atoms with Crippen LogP contribution in [0, 0.1) is 5.82 Å². The lowest BCUT2D eigenvalue weighted by atomic mass is 10.4. The Labute approximate surface area is 160 Å². The number of sulfonamides is 1. The van der Waals surface area contributed by atoms with Crippen molar-refractivity contribution >= 4 is 26.5 Å². The molecule has 3 aromatic rings. The summed E-state index contributed by atoms with van der Waals surface area (Å²) in [7, 11) is -3.70. The first-order valence-electron chi connectivity index (χ1n) is 8.29. The van der Waals surface area contributed by atoms with E-state index in [9.17, 15) is 12.8 Å². The van der Waals surface area contributed by atoms with Crippen molar-refractivity contribution in [2.24, 2.45) is 0 Å². The third-order valence-electron chi connectivity index (χ3n) is 4.24. The highest BCUT2D eigenvalue weighted by atomic mass is 32.2. The van der Waals surface area contributed by atoms with E-state index in [2.05, 4.69) is 15.2 Å². The largest absolute Gasteiger partial charge is 0.344 e. The molecule has 4 rings (SSSR count). The number of piperazine rings is 1.